The molecule has 3 rings (SSSR count). The van der Waals surface area contributed by atoms with Gasteiger partial charge in [-0.1, -0.05) is 17.7 Å². The van der Waals surface area contributed by atoms with Gasteiger partial charge in [0, 0.05) is 52.0 Å². The molecule has 1 aromatic rings. The molecule has 0 aliphatic carbocycles. The normalized spacial score (nSPS) is 22.0. The first-order chi connectivity index (χ1) is 12.0. The highest BCUT2D eigenvalue weighted by Gasteiger charge is 2.31. The zero-order valence-corrected chi connectivity index (χ0v) is 15.0. The number of aromatic nitrogens is 1. The molecule has 25 heavy (non-hydrogen) atoms. The van der Waals surface area contributed by atoms with Crippen molar-refractivity contribution in [3.8, 4) is 0 Å². The molecule has 0 bridgehead atoms. The Hall–Kier alpha value is -1.86. The van der Waals surface area contributed by atoms with Crippen LogP contribution in [0.1, 0.15) is 18.4 Å². The molecule has 0 radical (unpaired) electrons. The van der Waals surface area contributed by atoms with E-state index in [4.69, 9.17) is 17.3 Å². The lowest BCUT2D eigenvalue weighted by molar-refractivity contribution is -0.138. The molecule has 3 amide bonds. The van der Waals surface area contributed by atoms with Gasteiger partial charge in [-0.25, -0.2) is 9.78 Å². The number of rotatable bonds is 3. The molecule has 0 aromatic carbocycles. The fourth-order valence-corrected chi connectivity index (χ4v) is 3.63. The van der Waals surface area contributed by atoms with E-state index in [1.807, 2.05) is 11.0 Å². The molecule has 2 N–H and O–H groups in total. The number of pyridine rings is 1. The Labute approximate surface area is 152 Å². The van der Waals surface area contributed by atoms with Gasteiger partial charge in [0.1, 0.15) is 5.15 Å². The third-order valence-electron chi connectivity index (χ3n) is 4.96. The summed E-state index contributed by atoms with van der Waals surface area (Å²) in [6.07, 6.45) is 3.46. The molecule has 136 valence electrons. The number of piperazine rings is 1. The van der Waals surface area contributed by atoms with Crippen molar-refractivity contribution in [2.75, 3.05) is 39.3 Å². The predicted molar refractivity (Wildman–Crippen MR) is 95.0 cm³/mol. The van der Waals surface area contributed by atoms with E-state index in [0.717, 1.165) is 38.0 Å². The van der Waals surface area contributed by atoms with E-state index in [2.05, 4.69) is 9.88 Å². The fraction of sp³-hybridized carbons (Fsp3) is 0.588. The molecular weight excluding hydrogens is 342 g/mol. The first-order valence-corrected chi connectivity index (χ1v) is 9.06. The lowest BCUT2D eigenvalue weighted by Crippen LogP contribution is -2.53. The molecule has 2 aliphatic rings. The molecule has 1 aromatic heterocycles. The molecule has 0 saturated carbocycles. The van der Waals surface area contributed by atoms with Gasteiger partial charge in [-0.05, 0) is 24.5 Å². The van der Waals surface area contributed by atoms with Gasteiger partial charge in [0.25, 0.3) is 0 Å². The van der Waals surface area contributed by atoms with Crippen LogP contribution in [0.2, 0.25) is 5.15 Å². The van der Waals surface area contributed by atoms with Crippen LogP contribution in [-0.4, -0.2) is 70.9 Å². The summed E-state index contributed by atoms with van der Waals surface area (Å²) in [4.78, 5) is 34.0. The monoisotopic (exact) mass is 365 g/mol. The first-order valence-electron chi connectivity index (χ1n) is 8.69. The average molecular weight is 366 g/mol. The van der Waals surface area contributed by atoms with Crippen molar-refractivity contribution >= 4 is 23.5 Å². The Bertz CT molecular complexity index is 616. The number of likely N-dealkylation sites (tertiary alicyclic amines) is 1. The lowest BCUT2D eigenvalue weighted by atomic mass is 9.96. The lowest BCUT2D eigenvalue weighted by Gasteiger charge is -2.38. The van der Waals surface area contributed by atoms with Crippen LogP contribution in [0, 0.1) is 5.92 Å². The number of urea groups is 1. The van der Waals surface area contributed by atoms with Crippen molar-refractivity contribution in [2.24, 2.45) is 11.7 Å². The van der Waals surface area contributed by atoms with Crippen LogP contribution < -0.4 is 5.73 Å². The molecule has 0 spiro atoms. The summed E-state index contributed by atoms with van der Waals surface area (Å²) in [6.45, 7) is 5.01. The topological polar surface area (TPSA) is 82.8 Å². The Kier molecular flexibility index (Phi) is 5.75. The summed E-state index contributed by atoms with van der Waals surface area (Å²) >= 11 is 5.81. The van der Waals surface area contributed by atoms with Crippen LogP contribution in [0.15, 0.2) is 18.3 Å². The minimum atomic E-state index is -0.432. The molecule has 3 heterocycles. The second-order valence-electron chi connectivity index (χ2n) is 6.71. The van der Waals surface area contributed by atoms with E-state index in [-0.39, 0.29) is 11.8 Å². The molecule has 1 unspecified atom stereocenters. The highest BCUT2D eigenvalue weighted by Crippen LogP contribution is 2.20. The fourth-order valence-electron chi connectivity index (χ4n) is 3.52. The van der Waals surface area contributed by atoms with Gasteiger partial charge in [0.05, 0.1) is 5.92 Å². The number of halogens is 1. The quantitative estimate of drug-likeness (QED) is 0.815. The van der Waals surface area contributed by atoms with E-state index in [0.29, 0.717) is 31.3 Å². The summed E-state index contributed by atoms with van der Waals surface area (Å²) < 4.78 is 0. The third kappa shape index (κ3) is 4.61. The van der Waals surface area contributed by atoms with Crippen molar-refractivity contribution in [2.45, 2.75) is 19.4 Å². The third-order valence-corrected chi connectivity index (χ3v) is 5.18. The molecule has 2 saturated heterocycles. The van der Waals surface area contributed by atoms with Crippen molar-refractivity contribution in [3.05, 3.63) is 29.0 Å². The molecular formula is C17H24ClN5O2. The summed E-state index contributed by atoms with van der Waals surface area (Å²) in [7, 11) is 0. The minimum absolute atomic E-state index is 0.117. The zero-order valence-electron chi connectivity index (χ0n) is 14.2. The van der Waals surface area contributed by atoms with Crippen molar-refractivity contribution in [1.29, 1.82) is 0 Å². The van der Waals surface area contributed by atoms with Gasteiger partial charge in [-0.2, -0.15) is 0 Å². The molecule has 8 heteroatoms. The predicted octanol–water partition coefficient (Wildman–Crippen LogP) is 1.17. The van der Waals surface area contributed by atoms with Crippen molar-refractivity contribution in [1.82, 2.24) is 19.7 Å². The number of piperidine rings is 1. The van der Waals surface area contributed by atoms with E-state index in [1.165, 1.54) is 0 Å². The number of amides is 3. The number of nitrogens with zero attached hydrogens (tertiary/aromatic N) is 4. The summed E-state index contributed by atoms with van der Waals surface area (Å²) in [6, 6.07) is 3.34. The van der Waals surface area contributed by atoms with Crippen LogP contribution in [-0.2, 0) is 11.3 Å². The molecule has 2 fully saturated rings. The number of hydrogen-bond acceptors (Lipinski definition) is 4. The SMILES string of the molecule is NC(=O)N1CCCC(C(=O)N2CCN(Cc3ccc(Cl)nc3)CC2)C1. The van der Waals surface area contributed by atoms with Gasteiger partial charge >= 0.3 is 6.03 Å². The smallest absolute Gasteiger partial charge is 0.314 e. The van der Waals surface area contributed by atoms with Crippen LogP contribution in [0.4, 0.5) is 4.79 Å². The Morgan fingerprint density at radius 2 is 1.92 bits per heavy atom. The maximum Gasteiger partial charge on any atom is 0.314 e. The number of hydrogen-bond donors (Lipinski definition) is 1. The highest BCUT2D eigenvalue weighted by atomic mass is 35.5. The number of primary amides is 1. The van der Waals surface area contributed by atoms with Gasteiger partial charge in [-0.15, -0.1) is 0 Å². The number of carbonyl (C=O) groups is 2. The maximum atomic E-state index is 12.7. The first kappa shape index (κ1) is 17.9. The van der Waals surface area contributed by atoms with Crippen LogP contribution in [0.5, 0.6) is 0 Å². The maximum absolute atomic E-state index is 12.7. The van der Waals surface area contributed by atoms with E-state index in [9.17, 15) is 9.59 Å². The number of carbonyl (C=O) groups excluding carboxylic acids is 2. The van der Waals surface area contributed by atoms with E-state index >= 15 is 0 Å². The average Bonchev–Trinajstić information content (AvgIpc) is 2.64. The second-order valence-corrected chi connectivity index (χ2v) is 7.10. The second kappa shape index (κ2) is 8.01. The Morgan fingerprint density at radius 3 is 2.56 bits per heavy atom. The number of nitrogens with two attached hydrogens (primary N) is 1. The summed E-state index contributed by atoms with van der Waals surface area (Å²) in [5.74, 6) is 0.0343. The summed E-state index contributed by atoms with van der Waals surface area (Å²) in [5.41, 5.74) is 6.47. The van der Waals surface area contributed by atoms with Gasteiger partial charge in [0.15, 0.2) is 0 Å². The van der Waals surface area contributed by atoms with Gasteiger partial charge in [-0.3, -0.25) is 9.69 Å². The van der Waals surface area contributed by atoms with Crippen molar-refractivity contribution < 1.29 is 9.59 Å². The van der Waals surface area contributed by atoms with Crippen LogP contribution in [0.3, 0.4) is 0 Å². The van der Waals surface area contributed by atoms with Crippen molar-refractivity contribution in [3.63, 3.8) is 0 Å². The molecule has 1 atom stereocenters. The molecule has 7 nitrogen and oxygen atoms in total. The van der Waals surface area contributed by atoms with Crippen LogP contribution >= 0.6 is 11.6 Å². The molecule has 2 aliphatic heterocycles. The van der Waals surface area contributed by atoms with Gasteiger partial charge in [0.2, 0.25) is 5.91 Å². The largest absolute Gasteiger partial charge is 0.351 e. The zero-order chi connectivity index (χ0) is 17.8. The van der Waals surface area contributed by atoms with E-state index in [1.54, 1.807) is 17.2 Å². The highest BCUT2D eigenvalue weighted by molar-refractivity contribution is 6.29. The minimum Gasteiger partial charge on any atom is -0.351 e. The summed E-state index contributed by atoms with van der Waals surface area (Å²) in [5, 5.41) is 0.497. The van der Waals surface area contributed by atoms with Crippen LogP contribution in [0.25, 0.3) is 0 Å². The standard InChI is InChI=1S/C17H24ClN5O2/c18-15-4-3-13(10-20-15)11-21-6-8-22(9-7-21)16(24)14-2-1-5-23(12-14)17(19)25/h3-4,10,14H,1-2,5-9,11-12H2,(H2,19,25). The Balaban J connectivity index is 1.49. The Morgan fingerprint density at radius 1 is 1.16 bits per heavy atom. The van der Waals surface area contributed by atoms with E-state index < -0.39 is 6.03 Å². The van der Waals surface area contributed by atoms with Gasteiger partial charge < -0.3 is 15.5 Å².